The SMILES string of the molecule is CS[C@@H]1O[C@H](COC(C)=O)[C@H](OC(C)=O)[C@H](OC(C)=O)[C@H]1N(C(C)=O)C(C)=O. The molecule has 0 unspecified atom stereocenters. The molecule has 10 nitrogen and oxygen atoms in total. The molecule has 0 saturated carbocycles. The zero-order valence-electron chi connectivity index (χ0n) is 16.6. The van der Waals surface area contributed by atoms with Gasteiger partial charge in [-0.05, 0) is 6.26 Å². The van der Waals surface area contributed by atoms with Crippen LogP contribution in [-0.4, -0.2) is 77.3 Å². The van der Waals surface area contributed by atoms with Crippen LogP contribution >= 0.6 is 11.8 Å². The number of carbonyl (C=O) groups excluding carboxylic acids is 5. The molecule has 0 bridgehead atoms. The lowest BCUT2D eigenvalue weighted by Crippen LogP contribution is -2.66. The third-order valence-corrected chi connectivity index (χ3v) is 4.73. The largest absolute Gasteiger partial charge is 0.463 e. The molecule has 1 saturated heterocycles. The van der Waals surface area contributed by atoms with Crippen molar-refractivity contribution in [1.82, 2.24) is 4.90 Å². The molecule has 11 heteroatoms. The first-order chi connectivity index (χ1) is 13.0. The Morgan fingerprint density at radius 2 is 1.36 bits per heavy atom. The number of imide groups is 1. The summed E-state index contributed by atoms with van der Waals surface area (Å²) in [6.07, 6.45) is -1.70. The van der Waals surface area contributed by atoms with Crippen LogP contribution in [0.3, 0.4) is 0 Å². The van der Waals surface area contributed by atoms with Gasteiger partial charge in [0.05, 0.1) is 0 Å². The van der Waals surface area contributed by atoms with Crippen molar-refractivity contribution in [3.05, 3.63) is 0 Å². The van der Waals surface area contributed by atoms with Crippen LogP contribution in [0.1, 0.15) is 34.6 Å². The first kappa shape index (κ1) is 23.9. The van der Waals surface area contributed by atoms with E-state index in [-0.39, 0.29) is 6.61 Å². The molecule has 0 aliphatic carbocycles. The summed E-state index contributed by atoms with van der Waals surface area (Å²) in [7, 11) is 0. The number of nitrogens with zero attached hydrogens (tertiary/aromatic N) is 1. The van der Waals surface area contributed by atoms with Gasteiger partial charge in [0.1, 0.15) is 24.2 Å². The molecule has 1 heterocycles. The molecular weight excluding hydrogens is 394 g/mol. The maximum atomic E-state index is 12.1. The van der Waals surface area contributed by atoms with E-state index in [9.17, 15) is 24.0 Å². The van der Waals surface area contributed by atoms with Crippen molar-refractivity contribution in [2.45, 2.75) is 64.4 Å². The standard InChI is InChI=1S/C17H25NO9S/c1-8(19)18(9(2)20)14-16(26-12(5)23)15(25-11(4)22)13(7-24-10(3)21)27-17(14)28-6/h13-17H,7H2,1-6H3/t13-,14-,15+,16-,17+/m1/s1. The Hall–Kier alpha value is -2.14. The van der Waals surface area contributed by atoms with Gasteiger partial charge in [0.25, 0.3) is 0 Å². The van der Waals surface area contributed by atoms with Crippen molar-refractivity contribution in [3.8, 4) is 0 Å². The molecule has 1 rings (SSSR count). The highest BCUT2D eigenvalue weighted by atomic mass is 32.2. The fraction of sp³-hybridized carbons (Fsp3) is 0.706. The molecule has 0 aromatic heterocycles. The smallest absolute Gasteiger partial charge is 0.303 e. The lowest BCUT2D eigenvalue weighted by molar-refractivity contribution is -0.221. The van der Waals surface area contributed by atoms with Gasteiger partial charge in [-0.1, -0.05) is 0 Å². The zero-order valence-corrected chi connectivity index (χ0v) is 17.4. The third kappa shape index (κ3) is 6.20. The van der Waals surface area contributed by atoms with E-state index < -0.39 is 59.5 Å². The summed E-state index contributed by atoms with van der Waals surface area (Å²) in [6, 6.07) is -1.05. The Balaban J connectivity index is 3.44. The van der Waals surface area contributed by atoms with E-state index in [1.54, 1.807) is 6.26 Å². The molecule has 28 heavy (non-hydrogen) atoms. The van der Waals surface area contributed by atoms with E-state index in [0.717, 1.165) is 18.7 Å². The lowest BCUT2D eigenvalue weighted by Gasteiger charge is -2.47. The van der Waals surface area contributed by atoms with Gasteiger partial charge in [-0.25, -0.2) is 0 Å². The van der Waals surface area contributed by atoms with Crippen molar-refractivity contribution in [2.24, 2.45) is 0 Å². The molecule has 1 aliphatic heterocycles. The number of ether oxygens (including phenoxy) is 4. The molecule has 1 fully saturated rings. The average Bonchev–Trinajstić information content (AvgIpc) is 2.55. The molecular formula is C17H25NO9S. The van der Waals surface area contributed by atoms with Crippen molar-refractivity contribution in [2.75, 3.05) is 12.9 Å². The number of hydrogen-bond acceptors (Lipinski definition) is 10. The first-order valence-electron chi connectivity index (χ1n) is 8.46. The highest BCUT2D eigenvalue weighted by molar-refractivity contribution is 7.99. The Labute approximate surface area is 167 Å². The number of carbonyl (C=O) groups is 5. The minimum absolute atomic E-state index is 0.269. The number of hydrogen-bond donors (Lipinski definition) is 0. The van der Waals surface area contributed by atoms with Crippen LogP contribution in [0.25, 0.3) is 0 Å². The van der Waals surface area contributed by atoms with Crippen molar-refractivity contribution < 1.29 is 42.9 Å². The molecule has 0 spiro atoms. The van der Waals surface area contributed by atoms with E-state index in [0.29, 0.717) is 0 Å². The van der Waals surface area contributed by atoms with Crippen LogP contribution < -0.4 is 0 Å². The summed E-state index contributed by atoms with van der Waals surface area (Å²) < 4.78 is 21.5. The molecule has 0 N–H and O–H groups in total. The monoisotopic (exact) mass is 419 g/mol. The maximum absolute atomic E-state index is 12.1. The van der Waals surface area contributed by atoms with Crippen LogP contribution in [-0.2, 0) is 42.9 Å². The Bertz CT molecular complexity index is 624. The second-order valence-corrected chi connectivity index (χ2v) is 7.06. The molecule has 158 valence electrons. The van der Waals surface area contributed by atoms with Gasteiger partial charge in [0, 0.05) is 34.6 Å². The summed E-state index contributed by atoms with van der Waals surface area (Å²) in [6.45, 7) is 5.62. The molecule has 2 amide bonds. The summed E-state index contributed by atoms with van der Waals surface area (Å²) in [5, 5.41) is 0. The Kier molecular flexibility index (Phi) is 8.89. The number of rotatable bonds is 6. The average molecular weight is 419 g/mol. The second-order valence-electron chi connectivity index (χ2n) is 6.13. The normalized spacial score (nSPS) is 26.7. The minimum Gasteiger partial charge on any atom is -0.463 e. The Morgan fingerprint density at radius 1 is 0.857 bits per heavy atom. The fourth-order valence-electron chi connectivity index (χ4n) is 2.99. The van der Waals surface area contributed by atoms with E-state index in [2.05, 4.69) is 0 Å². The van der Waals surface area contributed by atoms with Crippen molar-refractivity contribution in [3.63, 3.8) is 0 Å². The van der Waals surface area contributed by atoms with E-state index in [1.165, 1.54) is 32.5 Å². The topological polar surface area (TPSA) is 126 Å². The molecule has 0 aromatic rings. The molecule has 0 radical (unpaired) electrons. The van der Waals surface area contributed by atoms with Crippen LogP contribution in [0.4, 0.5) is 0 Å². The highest BCUT2D eigenvalue weighted by Crippen LogP contribution is 2.34. The predicted octanol–water partition coefficient (Wildman–Crippen LogP) is 0.264. The van der Waals surface area contributed by atoms with Gasteiger partial charge in [-0.2, -0.15) is 0 Å². The lowest BCUT2D eigenvalue weighted by atomic mass is 9.95. The molecule has 1 aliphatic rings. The third-order valence-electron chi connectivity index (χ3n) is 3.88. The van der Waals surface area contributed by atoms with Crippen molar-refractivity contribution in [1.29, 1.82) is 0 Å². The number of esters is 3. The van der Waals surface area contributed by atoms with Crippen LogP contribution in [0, 0.1) is 0 Å². The predicted molar refractivity (Wildman–Crippen MR) is 96.9 cm³/mol. The van der Waals surface area contributed by atoms with E-state index >= 15 is 0 Å². The summed E-state index contributed by atoms with van der Waals surface area (Å²) in [5.41, 5.74) is -0.815. The molecule has 5 atom stereocenters. The fourth-order valence-corrected chi connectivity index (χ4v) is 3.80. The zero-order chi connectivity index (χ0) is 21.6. The van der Waals surface area contributed by atoms with Crippen LogP contribution in [0.5, 0.6) is 0 Å². The number of thioether (sulfide) groups is 1. The van der Waals surface area contributed by atoms with Gasteiger partial charge in [0.2, 0.25) is 11.8 Å². The highest BCUT2D eigenvalue weighted by Gasteiger charge is 2.53. The Morgan fingerprint density at radius 3 is 1.75 bits per heavy atom. The molecule has 0 aromatic carbocycles. The van der Waals surface area contributed by atoms with Gasteiger partial charge in [0.15, 0.2) is 12.2 Å². The summed E-state index contributed by atoms with van der Waals surface area (Å²) >= 11 is 1.17. The van der Waals surface area contributed by atoms with Gasteiger partial charge >= 0.3 is 17.9 Å². The second kappa shape index (κ2) is 10.4. The maximum Gasteiger partial charge on any atom is 0.303 e. The van der Waals surface area contributed by atoms with Crippen LogP contribution in [0.2, 0.25) is 0 Å². The van der Waals surface area contributed by atoms with E-state index in [4.69, 9.17) is 18.9 Å². The quantitative estimate of drug-likeness (QED) is 0.437. The first-order valence-corrected chi connectivity index (χ1v) is 9.74. The minimum atomic E-state index is -1.21. The summed E-state index contributed by atoms with van der Waals surface area (Å²) in [5.74, 6) is -3.15. The van der Waals surface area contributed by atoms with Crippen molar-refractivity contribution >= 4 is 41.5 Å². The van der Waals surface area contributed by atoms with Gasteiger partial charge in [-0.3, -0.25) is 28.9 Å². The van der Waals surface area contributed by atoms with Gasteiger partial charge < -0.3 is 18.9 Å². The summed E-state index contributed by atoms with van der Waals surface area (Å²) in [4.78, 5) is 59.7. The number of amides is 2. The van der Waals surface area contributed by atoms with Gasteiger partial charge in [-0.15, -0.1) is 11.8 Å². The van der Waals surface area contributed by atoms with E-state index in [1.807, 2.05) is 0 Å². The van der Waals surface area contributed by atoms with Crippen LogP contribution in [0.15, 0.2) is 0 Å².